The molecule has 1 aliphatic carbocycles. The zero-order valence-electron chi connectivity index (χ0n) is 14.8. The van der Waals surface area contributed by atoms with E-state index in [0.717, 1.165) is 17.3 Å². The van der Waals surface area contributed by atoms with E-state index in [0.29, 0.717) is 27.2 Å². The van der Waals surface area contributed by atoms with E-state index in [2.05, 4.69) is 0 Å². The summed E-state index contributed by atoms with van der Waals surface area (Å²) in [6.07, 6.45) is 4.86. The van der Waals surface area contributed by atoms with Crippen molar-refractivity contribution in [3.8, 4) is 0 Å². The second kappa shape index (κ2) is 8.11. The van der Waals surface area contributed by atoms with E-state index in [1.807, 2.05) is 6.92 Å². The van der Waals surface area contributed by atoms with E-state index >= 15 is 0 Å². The van der Waals surface area contributed by atoms with Crippen LogP contribution in [0, 0.1) is 16.0 Å². The number of nitro groups is 1. The SMILES string of the molecule is CC1CC([N+](=O)[O-])=CC=C1c1ccc(/C=C2\SC(=S)N(CCC(=O)O)C2=O)o1. The molecule has 1 saturated heterocycles. The minimum absolute atomic E-state index is 0.0241. The van der Waals surface area contributed by atoms with Crippen LogP contribution in [-0.4, -0.2) is 37.7 Å². The van der Waals surface area contributed by atoms with Crippen LogP contribution in [0.3, 0.4) is 0 Å². The number of amides is 1. The molecule has 1 aromatic rings. The maximum atomic E-state index is 12.4. The van der Waals surface area contributed by atoms with Crippen LogP contribution in [0.5, 0.6) is 0 Å². The van der Waals surface area contributed by atoms with Gasteiger partial charge in [-0.15, -0.1) is 0 Å². The normalized spacial score (nSPS) is 21.1. The van der Waals surface area contributed by atoms with Crippen molar-refractivity contribution >= 4 is 51.8 Å². The van der Waals surface area contributed by atoms with E-state index in [9.17, 15) is 19.7 Å². The lowest BCUT2D eigenvalue weighted by molar-refractivity contribution is -0.428. The van der Waals surface area contributed by atoms with Gasteiger partial charge in [0, 0.05) is 25.1 Å². The zero-order chi connectivity index (χ0) is 20.4. The summed E-state index contributed by atoms with van der Waals surface area (Å²) in [5.41, 5.74) is 1.01. The number of nitrogens with zero attached hydrogens (tertiary/aromatic N) is 2. The number of furan rings is 1. The number of hydrogen-bond acceptors (Lipinski definition) is 7. The first-order valence-electron chi connectivity index (χ1n) is 8.38. The monoisotopic (exact) mass is 420 g/mol. The summed E-state index contributed by atoms with van der Waals surface area (Å²) in [5, 5.41) is 19.7. The molecule has 1 aliphatic heterocycles. The average molecular weight is 420 g/mol. The van der Waals surface area contributed by atoms with Gasteiger partial charge in [-0.3, -0.25) is 24.6 Å². The van der Waals surface area contributed by atoms with Crippen LogP contribution in [-0.2, 0) is 9.59 Å². The molecule has 2 aliphatic rings. The Balaban J connectivity index is 1.78. The molecular formula is C18H16N2O6S2. The van der Waals surface area contributed by atoms with Crippen molar-refractivity contribution in [3.63, 3.8) is 0 Å². The first-order chi connectivity index (χ1) is 13.3. The number of carbonyl (C=O) groups is 2. The highest BCUT2D eigenvalue weighted by atomic mass is 32.2. The van der Waals surface area contributed by atoms with Crippen LogP contribution in [0.1, 0.15) is 31.3 Å². The maximum Gasteiger partial charge on any atom is 0.305 e. The third kappa shape index (κ3) is 4.23. The van der Waals surface area contributed by atoms with E-state index in [4.69, 9.17) is 21.7 Å². The van der Waals surface area contributed by atoms with Gasteiger partial charge in [0.1, 0.15) is 15.8 Å². The number of aliphatic carboxylic acids is 1. The van der Waals surface area contributed by atoms with Crippen LogP contribution in [0.25, 0.3) is 11.6 Å². The number of carboxylic acid groups (broad SMARTS) is 1. The number of allylic oxidation sites excluding steroid dienone is 4. The lowest BCUT2D eigenvalue weighted by Crippen LogP contribution is -2.30. The van der Waals surface area contributed by atoms with Crippen molar-refractivity contribution < 1.29 is 24.0 Å². The van der Waals surface area contributed by atoms with Gasteiger partial charge in [0.05, 0.1) is 16.2 Å². The van der Waals surface area contributed by atoms with Gasteiger partial charge >= 0.3 is 5.97 Å². The molecule has 146 valence electrons. The quantitative estimate of drug-likeness (QED) is 0.322. The third-order valence-corrected chi connectivity index (χ3v) is 5.72. The molecule has 1 atom stereocenters. The van der Waals surface area contributed by atoms with E-state index in [1.54, 1.807) is 24.3 Å². The molecule has 0 radical (unpaired) electrons. The van der Waals surface area contributed by atoms with Gasteiger partial charge in [0.15, 0.2) is 0 Å². The largest absolute Gasteiger partial charge is 0.481 e. The Hall–Kier alpha value is -2.72. The third-order valence-electron chi connectivity index (χ3n) is 4.34. The van der Waals surface area contributed by atoms with Gasteiger partial charge in [-0.25, -0.2) is 0 Å². The fourth-order valence-electron chi connectivity index (χ4n) is 2.92. The van der Waals surface area contributed by atoms with Gasteiger partial charge in [0.25, 0.3) is 5.91 Å². The summed E-state index contributed by atoms with van der Waals surface area (Å²) in [5.74, 6) is -0.390. The maximum absolute atomic E-state index is 12.4. The van der Waals surface area contributed by atoms with Gasteiger partial charge < -0.3 is 9.52 Å². The smallest absolute Gasteiger partial charge is 0.305 e. The Morgan fingerprint density at radius 3 is 2.89 bits per heavy atom. The molecule has 0 spiro atoms. The van der Waals surface area contributed by atoms with Gasteiger partial charge in [-0.1, -0.05) is 30.9 Å². The summed E-state index contributed by atoms with van der Waals surface area (Å²) in [6.45, 7) is 1.91. The minimum Gasteiger partial charge on any atom is -0.481 e. The molecule has 3 rings (SSSR count). The summed E-state index contributed by atoms with van der Waals surface area (Å²) in [7, 11) is 0. The highest BCUT2D eigenvalue weighted by molar-refractivity contribution is 8.26. The summed E-state index contributed by atoms with van der Waals surface area (Å²) in [4.78, 5) is 35.3. The van der Waals surface area contributed by atoms with Crippen LogP contribution in [0.2, 0.25) is 0 Å². The molecule has 1 unspecified atom stereocenters. The Morgan fingerprint density at radius 2 is 2.25 bits per heavy atom. The van der Waals surface area contributed by atoms with Gasteiger partial charge in [0.2, 0.25) is 5.70 Å². The molecule has 1 aromatic heterocycles. The van der Waals surface area contributed by atoms with Crippen molar-refractivity contribution in [1.29, 1.82) is 0 Å². The van der Waals surface area contributed by atoms with Crippen molar-refractivity contribution in [2.75, 3.05) is 6.54 Å². The van der Waals surface area contributed by atoms with E-state index in [1.165, 1.54) is 11.0 Å². The number of thiocarbonyl (C=S) groups is 1. The summed E-state index contributed by atoms with van der Waals surface area (Å²) in [6, 6.07) is 3.46. The molecule has 1 fully saturated rings. The van der Waals surface area contributed by atoms with Crippen LogP contribution in [0.4, 0.5) is 0 Å². The van der Waals surface area contributed by atoms with Gasteiger partial charge in [-0.05, 0) is 29.7 Å². The molecule has 8 nitrogen and oxygen atoms in total. The van der Waals surface area contributed by atoms with Crippen molar-refractivity contribution in [2.45, 2.75) is 19.8 Å². The lowest BCUT2D eigenvalue weighted by atomic mass is 9.90. The Labute approximate surface area is 169 Å². The second-order valence-corrected chi connectivity index (χ2v) is 8.00. The Kier molecular flexibility index (Phi) is 5.80. The molecule has 1 amide bonds. The standard InChI is InChI=1S/C18H16N2O6S2/c1-10-8-11(20(24)25)2-4-13(10)14-5-3-12(26-14)9-15-17(23)19(18(27)28-15)7-6-16(21)22/h2-5,9-10H,6-8H2,1H3,(H,21,22)/b15-9-. The average Bonchev–Trinajstić information content (AvgIpc) is 3.18. The Bertz CT molecular complexity index is 959. The van der Waals surface area contributed by atoms with E-state index in [-0.39, 0.29) is 35.4 Å². The fraction of sp³-hybridized carbons (Fsp3) is 0.278. The van der Waals surface area contributed by atoms with Crippen LogP contribution >= 0.6 is 24.0 Å². The lowest BCUT2D eigenvalue weighted by Gasteiger charge is -2.15. The second-order valence-electron chi connectivity index (χ2n) is 6.32. The van der Waals surface area contributed by atoms with Crippen molar-refractivity contribution in [1.82, 2.24) is 4.90 Å². The highest BCUT2D eigenvalue weighted by Gasteiger charge is 2.32. The number of rotatable bonds is 6. The van der Waals surface area contributed by atoms with Crippen LogP contribution in [0.15, 0.2) is 39.3 Å². The van der Waals surface area contributed by atoms with Crippen LogP contribution < -0.4 is 0 Å². The summed E-state index contributed by atoms with van der Waals surface area (Å²) >= 11 is 6.25. The molecule has 0 saturated carbocycles. The molecule has 0 aromatic carbocycles. The first-order valence-corrected chi connectivity index (χ1v) is 9.61. The topological polar surface area (TPSA) is 114 Å². The molecule has 28 heavy (non-hydrogen) atoms. The molecular weight excluding hydrogens is 404 g/mol. The molecule has 2 heterocycles. The molecule has 1 N–H and O–H groups in total. The number of carbonyl (C=O) groups excluding carboxylic acids is 1. The molecule has 10 heteroatoms. The van der Waals surface area contributed by atoms with E-state index < -0.39 is 5.97 Å². The number of hydrogen-bond donors (Lipinski definition) is 1. The minimum atomic E-state index is -1.00. The highest BCUT2D eigenvalue weighted by Crippen LogP contribution is 2.36. The fourth-order valence-corrected chi connectivity index (χ4v) is 4.21. The van der Waals surface area contributed by atoms with Gasteiger partial charge in [-0.2, -0.15) is 0 Å². The number of carboxylic acids is 1. The molecule has 0 bridgehead atoms. The zero-order valence-corrected chi connectivity index (χ0v) is 16.4. The van der Waals surface area contributed by atoms with Crippen molar-refractivity contribution in [3.05, 3.63) is 56.5 Å². The predicted molar refractivity (Wildman–Crippen MR) is 108 cm³/mol. The first kappa shape index (κ1) is 20.0. The number of thioether (sulfide) groups is 1. The summed E-state index contributed by atoms with van der Waals surface area (Å²) < 4.78 is 6.11. The van der Waals surface area contributed by atoms with Crippen molar-refractivity contribution in [2.24, 2.45) is 5.92 Å². The predicted octanol–water partition coefficient (Wildman–Crippen LogP) is 3.54. The Morgan fingerprint density at radius 1 is 1.50 bits per heavy atom.